The molecule has 0 unspecified atom stereocenters. The molecule has 1 aliphatic heterocycles. The van der Waals surface area contributed by atoms with Gasteiger partial charge in [-0.25, -0.2) is 9.48 Å². The first kappa shape index (κ1) is 20.0. The van der Waals surface area contributed by atoms with Crippen molar-refractivity contribution in [3.63, 3.8) is 0 Å². The van der Waals surface area contributed by atoms with E-state index in [1.54, 1.807) is 16.8 Å². The van der Waals surface area contributed by atoms with Crippen LogP contribution in [-0.4, -0.2) is 48.4 Å². The maximum absolute atomic E-state index is 12.7. The molecule has 0 radical (unpaired) electrons. The summed E-state index contributed by atoms with van der Waals surface area (Å²) in [7, 11) is 0. The molecule has 1 saturated heterocycles. The average Bonchev–Trinajstić information content (AvgIpc) is 3.41. The van der Waals surface area contributed by atoms with Crippen molar-refractivity contribution >= 4 is 23.0 Å². The summed E-state index contributed by atoms with van der Waals surface area (Å²) in [6, 6.07) is 17.8. The predicted octanol–water partition coefficient (Wildman–Crippen LogP) is 2.85. The Morgan fingerprint density at radius 1 is 1.06 bits per heavy atom. The van der Waals surface area contributed by atoms with Crippen molar-refractivity contribution < 1.29 is 4.79 Å². The predicted molar refractivity (Wildman–Crippen MR) is 122 cm³/mol. The minimum absolute atomic E-state index is 0.0488. The van der Waals surface area contributed by atoms with Crippen LogP contribution in [0.5, 0.6) is 0 Å². The average molecular weight is 428 g/mol. The van der Waals surface area contributed by atoms with Crippen LogP contribution in [-0.2, 0) is 11.3 Å². The SMILES string of the molecule is O=C(C=Cc1cn(Cc2ccccc2)nn1)N1CCC(n2c(=O)[nH]c3ccccc32)CC1. The zero-order valence-corrected chi connectivity index (χ0v) is 17.6. The minimum Gasteiger partial charge on any atom is -0.339 e. The molecule has 0 bridgehead atoms. The number of para-hydroxylation sites is 2. The number of imidazole rings is 1. The molecular formula is C24H24N6O2. The maximum atomic E-state index is 12.7. The van der Waals surface area contributed by atoms with Crippen molar-refractivity contribution in [3.05, 3.63) is 88.6 Å². The van der Waals surface area contributed by atoms with Gasteiger partial charge >= 0.3 is 5.69 Å². The number of aromatic nitrogens is 5. The van der Waals surface area contributed by atoms with Crippen molar-refractivity contribution in [2.75, 3.05) is 13.1 Å². The number of carbonyl (C=O) groups excluding carboxylic acids is 1. The summed E-state index contributed by atoms with van der Waals surface area (Å²) in [5, 5.41) is 8.26. The normalized spacial score (nSPS) is 15.1. The highest BCUT2D eigenvalue weighted by molar-refractivity contribution is 5.91. The van der Waals surface area contributed by atoms with E-state index in [-0.39, 0.29) is 17.6 Å². The Morgan fingerprint density at radius 3 is 2.62 bits per heavy atom. The smallest absolute Gasteiger partial charge is 0.326 e. The number of fused-ring (bicyclic) bond motifs is 1. The Labute approximate surface area is 184 Å². The van der Waals surface area contributed by atoms with Crippen LogP contribution in [0.25, 0.3) is 17.1 Å². The zero-order valence-electron chi connectivity index (χ0n) is 17.6. The van der Waals surface area contributed by atoms with Crippen LogP contribution in [0.1, 0.15) is 30.1 Å². The summed E-state index contributed by atoms with van der Waals surface area (Å²) in [6.07, 6.45) is 6.57. The molecule has 162 valence electrons. The quantitative estimate of drug-likeness (QED) is 0.495. The summed E-state index contributed by atoms with van der Waals surface area (Å²) >= 11 is 0. The van der Waals surface area contributed by atoms with E-state index in [0.717, 1.165) is 29.4 Å². The number of likely N-dealkylation sites (tertiary alicyclic amines) is 1. The monoisotopic (exact) mass is 428 g/mol. The Balaban J connectivity index is 1.19. The molecule has 2 aromatic heterocycles. The number of hydrogen-bond acceptors (Lipinski definition) is 4. The number of hydrogen-bond donors (Lipinski definition) is 1. The van der Waals surface area contributed by atoms with Crippen LogP contribution in [0.4, 0.5) is 0 Å². The lowest BCUT2D eigenvalue weighted by Crippen LogP contribution is -2.39. The Hall–Kier alpha value is -3.94. The van der Waals surface area contributed by atoms with Gasteiger partial charge in [0.2, 0.25) is 5.91 Å². The molecule has 1 aliphatic rings. The number of nitrogens with zero attached hydrogens (tertiary/aromatic N) is 5. The fraction of sp³-hybridized carbons (Fsp3) is 0.250. The van der Waals surface area contributed by atoms with Crippen LogP contribution in [0, 0.1) is 0 Å². The Morgan fingerprint density at radius 2 is 1.81 bits per heavy atom. The highest BCUT2D eigenvalue weighted by atomic mass is 16.2. The topological polar surface area (TPSA) is 88.8 Å². The zero-order chi connectivity index (χ0) is 21.9. The molecule has 1 amide bonds. The number of amides is 1. The van der Waals surface area contributed by atoms with Crippen LogP contribution >= 0.6 is 0 Å². The highest BCUT2D eigenvalue weighted by Gasteiger charge is 2.25. The fourth-order valence-corrected chi connectivity index (χ4v) is 4.28. The number of piperidine rings is 1. The molecule has 1 N–H and O–H groups in total. The molecule has 4 aromatic rings. The van der Waals surface area contributed by atoms with E-state index in [0.29, 0.717) is 25.3 Å². The number of carbonyl (C=O) groups is 1. The molecule has 0 saturated carbocycles. The van der Waals surface area contributed by atoms with E-state index < -0.39 is 0 Å². The van der Waals surface area contributed by atoms with E-state index in [4.69, 9.17) is 0 Å². The van der Waals surface area contributed by atoms with E-state index in [1.165, 1.54) is 0 Å². The Bertz CT molecular complexity index is 1310. The van der Waals surface area contributed by atoms with Crippen LogP contribution in [0.2, 0.25) is 0 Å². The fourth-order valence-electron chi connectivity index (χ4n) is 4.28. The van der Waals surface area contributed by atoms with Crippen LogP contribution in [0.15, 0.2) is 71.7 Å². The molecule has 2 aromatic carbocycles. The number of aromatic amines is 1. The second-order valence-electron chi connectivity index (χ2n) is 8.03. The molecule has 1 fully saturated rings. The molecule has 0 aliphatic carbocycles. The highest BCUT2D eigenvalue weighted by Crippen LogP contribution is 2.25. The molecule has 32 heavy (non-hydrogen) atoms. The number of rotatable bonds is 5. The third-order valence-corrected chi connectivity index (χ3v) is 5.91. The van der Waals surface area contributed by atoms with Gasteiger partial charge in [-0.15, -0.1) is 5.10 Å². The first-order chi connectivity index (χ1) is 15.7. The van der Waals surface area contributed by atoms with E-state index in [1.807, 2.05) is 70.3 Å². The minimum atomic E-state index is -0.0885. The largest absolute Gasteiger partial charge is 0.339 e. The number of H-pyrrole nitrogens is 1. The van der Waals surface area contributed by atoms with Crippen LogP contribution in [0.3, 0.4) is 0 Å². The third kappa shape index (κ3) is 4.12. The lowest BCUT2D eigenvalue weighted by Gasteiger charge is -2.31. The number of nitrogens with one attached hydrogen (secondary N) is 1. The summed E-state index contributed by atoms with van der Waals surface area (Å²) in [5.74, 6) is -0.0488. The summed E-state index contributed by atoms with van der Waals surface area (Å²) < 4.78 is 3.59. The maximum Gasteiger partial charge on any atom is 0.326 e. The molecule has 8 nitrogen and oxygen atoms in total. The second kappa shape index (κ2) is 8.66. The molecular weight excluding hydrogens is 404 g/mol. The van der Waals surface area contributed by atoms with Gasteiger partial charge in [0.1, 0.15) is 5.69 Å². The van der Waals surface area contributed by atoms with Crippen molar-refractivity contribution in [2.45, 2.75) is 25.4 Å². The van der Waals surface area contributed by atoms with Gasteiger partial charge < -0.3 is 9.88 Å². The van der Waals surface area contributed by atoms with Gasteiger partial charge in [-0.3, -0.25) is 9.36 Å². The second-order valence-corrected chi connectivity index (χ2v) is 8.03. The lowest BCUT2D eigenvalue weighted by molar-refractivity contribution is -0.127. The first-order valence-corrected chi connectivity index (χ1v) is 10.8. The lowest BCUT2D eigenvalue weighted by atomic mass is 10.0. The van der Waals surface area contributed by atoms with Crippen molar-refractivity contribution in [1.82, 2.24) is 29.4 Å². The van der Waals surface area contributed by atoms with Gasteiger partial charge in [0, 0.05) is 25.2 Å². The van der Waals surface area contributed by atoms with Gasteiger partial charge in [0.05, 0.1) is 23.8 Å². The van der Waals surface area contributed by atoms with Crippen molar-refractivity contribution in [2.24, 2.45) is 0 Å². The summed E-state index contributed by atoms with van der Waals surface area (Å²) in [4.78, 5) is 29.8. The van der Waals surface area contributed by atoms with Gasteiger partial charge in [0.25, 0.3) is 0 Å². The number of benzene rings is 2. The van der Waals surface area contributed by atoms with E-state index in [2.05, 4.69) is 15.3 Å². The van der Waals surface area contributed by atoms with Crippen molar-refractivity contribution in [1.29, 1.82) is 0 Å². The standard InChI is InChI=1S/C24H24N6O2/c31-23(11-10-19-17-29(27-26-19)16-18-6-2-1-3-7-18)28-14-12-20(13-15-28)30-22-9-5-4-8-21(22)25-24(30)32/h1-11,17,20H,12-16H2,(H,25,32). The molecule has 3 heterocycles. The first-order valence-electron chi connectivity index (χ1n) is 10.8. The van der Waals surface area contributed by atoms with E-state index >= 15 is 0 Å². The Kier molecular flexibility index (Phi) is 5.41. The van der Waals surface area contributed by atoms with Gasteiger partial charge in [0.15, 0.2) is 0 Å². The van der Waals surface area contributed by atoms with Gasteiger partial charge in [-0.1, -0.05) is 47.7 Å². The van der Waals surface area contributed by atoms with Gasteiger partial charge in [-0.05, 0) is 36.6 Å². The third-order valence-electron chi connectivity index (χ3n) is 5.91. The molecule has 5 rings (SSSR count). The van der Waals surface area contributed by atoms with Gasteiger partial charge in [-0.2, -0.15) is 0 Å². The van der Waals surface area contributed by atoms with Crippen molar-refractivity contribution in [3.8, 4) is 0 Å². The summed E-state index contributed by atoms with van der Waals surface area (Å²) in [6.45, 7) is 1.86. The van der Waals surface area contributed by atoms with E-state index in [9.17, 15) is 9.59 Å². The molecule has 0 spiro atoms. The molecule has 0 atom stereocenters. The summed E-state index contributed by atoms with van der Waals surface area (Å²) in [5.41, 5.74) is 3.46. The molecule has 8 heteroatoms. The van der Waals surface area contributed by atoms with Crippen LogP contribution < -0.4 is 5.69 Å².